The number of carbonyl (C=O) groups is 2. The standard InChI is InChI=1S/C24H28F2N2O4/c1-15-9-16(2)11-19(10-15)23(30)28-8-4-5-18(14-28)22(29)27-13-17-6-7-20(31-3)21(12-17)32-24(25)26/h6-7,9-12,18,24H,4-5,8,13-14H2,1-3H3,(H,27,29). The molecule has 0 radical (unpaired) electrons. The lowest BCUT2D eigenvalue weighted by Crippen LogP contribution is -2.45. The Kier molecular flexibility index (Phi) is 7.66. The van der Waals surface area contributed by atoms with E-state index in [2.05, 4.69) is 10.1 Å². The summed E-state index contributed by atoms with van der Waals surface area (Å²) < 4.78 is 34.7. The van der Waals surface area contributed by atoms with E-state index in [9.17, 15) is 18.4 Å². The third kappa shape index (κ3) is 5.96. The first-order chi connectivity index (χ1) is 15.3. The second kappa shape index (κ2) is 10.4. The number of hydrogen-bond donors (Lipinski definition) is 1. The first kappa shape index (κ1) is 23.5. The van der Waals surface area contributed by atoms with Gasteiger partial charge in [0.05, 0.1) is 13.0 Å². The van der Waals surface area contributed by atoms with Crippen LogP contribution >= 0.6 is 0 Å². The van der Waals surface area contributed by atoms with Gasteiger partial charge in [0.15, 0.2) is 11.5 Å². The number of benzene rings is 2. The van der Waals surface area contributed by atoms with Gasteiger partial charge in [0, 0.05) is 25.2 Å². The quantitative estimate of drug-likeness (QED) is 0.696. The third-order valence-corrected chi connectivity index (χ3v) is 5.46. The number of rotatable bonds is 7. The minimum atomic E-state index is -2.98. The number of nitrogens with zero attached hydrogens (tertiary/aromatic N) is 1. The molecule has 1 unspecified atom stereocenters. The van der Waals surface area contributed by atoms with E-state index in [0.717, 1.165) is 17.5 Å². The summed E-state index contributed by atoms with van der Waals surface area (Å²) in [4.78, 5) is 27.4. The summed E-state index contributed by atoms with van der Waals surface area (Å²) >= 11 is 0. The molecule has 0 aliphatic carbocycles. The summed E-state index contributed by atoms with van der Waals surface area (Å²) in [6, 6.07) is 10.4. The topological polar surface area (TPSA) is 67.9 Å². The highest BCUT2D eigenvalue weighted by Crippen LogP contribution is 2.29. The zero-order chi connectivity index (χ0) is 23.3. The van der Waals surface area contributed by atoms with Crippen LogP contribution in [0.15, 0.2) is 36.4 Å². The van der Waals surface area contributed by atoms with Gasteiger partial charge in [0.2, 0.25) is 5.91 Å². The van der Waals surface area contributed by atoms with Crippen molar-refractivity contribution in [1.29, 1.82) is 0 Å². The van der Waals surface area contributed by atoms with Gasteiger partial charge < -0.3 is 19.7 Å². The summed E-state index contributed by atoms with van der Waals surface area (Å²) in [6.45, 7) is 2.05. The SMILES string of the molecule is COc1ccc(CNC(=O)C2CCCN(C(=O)c3cc(C)cc(C)c3)C2)cc1OC(F)F. The summed E-state index contributed by atoms with van der Waals surface area (Å²) in [5, 5.41) is 2.84. The Hall–Kier alpha value is -3.16. The average molecular weight is 446 g/mol. The monoisotopic (exact) mass is 446 g/mol. The molecule has 0 spiro atoms. The number of likely N-dealkylation sites (tertiary alicyclic amines) is 1. The van der Waals surface area contributed by atoms with E-state index in [4.69, 9.17) is 4.74 Å². The lowest BCUT2D eigenvalue weighted by atomic mass is 9.96. The molecule has 1 saturated heterocycles. The lowest BCUT2D eigenvalue weighted by molar-refractivity contribution is -0.126. The maximum atomic E-state index is 12.9. The lowest BCUT2D eigenvalue weighted by Gasteiger charge is -2.32. The van der Waals surface area contributed by atoms with Crippen molar-refractivity contribution in [1.82, 2.24) is 10.2 Å². The number of amides is 2. The second-order valence-corrected chi connectivity index (χ2v) is 8.05. The smallest absolute Gasteiger partial charge is 0.387 e. The number of aryl methyl sites for hydroxylation is 2. The number of alkyl halides is 2. The Morgan fingerprint density at radius 2 is 1.84 bits per heavy atom. The molecule has 1 fully saturated rings. The fourth-order valence-corrected chi connectivity index (χ4v) is 4.01. The Balaban J connectivity index is 1.61. The van der Waals surface area contributed by atoms with Crippen molar-refractivity contribution in [2.24, 2.45) is 5.92 Å². The molecule has 1 N–H and O–H groups in total. The van der Waals surface area contributed by atoms with Crippen LogP contribution in [0.4, 0.5) is 8.78 Å². The molecule has 1 aliphatic rings. The summed E-state index contributed by atoms with van der Waals surface area (Å²) in [5.74, 6) is -0.465. The summed E-state index contributed by atoms with van der Waals surface area (Å²) in [6.07, 6.45) is 1.42. The molecule has 8 heteroatoms. The molecule has 2 aromatic carbocycles. The van der Waals surface area contributed by atoms with Gasteiger partial charge in [-0.3, -0.25) is 9.59 Å². The normalized spacial score (nSPS) is 16.1. The fourth-order valence-electron chi connectivity index (χ4n) is 4.01. The molecule has 0 bridgehead atoms. The van der Waals surface area contributed by atoms with Crippen LogP contribution < -0.4 is 14.8 Å². The van der Waals surface area contributed by atoms with Crippen LogP contribution in [0.25, 0.3) is 0 Å². The zero-order valence-corrected chi connectivity index (χ0v) is 18.5. The van der Waals surface area contributed by atoms with Gasteiger partial charge in [-0.05, 0) is 56.5 Å². The van der Waals surface area contributed by atoms with Gasteiger partial charge in [0.25, 0.3) is 5.91 Å². The van der Waals surface area contributed by atoms with Crippen LogP contribution in [0, 0.1) is 19.8 Å². The Labute approximate surface area is 186 Å². The molecule has 2 aromatic rings. The summed E-state index contributed by atoms with van der Waals surface area (Å²) in [7, 11) is 1.36. The molecule has 172 valence electrons. The molecule has 1 heterocycles. The van der Waals surface area contributed by atoms with Gasteiger partial charge in [0.1, 0.15) is 0 Å². The van der Waals surface area contributed by atoms with Gasteiger partial charge in [-0.1, -0.05) is 23.3 Å². The van der Waals surface area contributed by atoms with Crippen molar-refractivity contribution in [3.8, 4) is 11.5 Å². The van der Waals surface area contributed by atoms with Crippen molar-refractivity contribution < 1.29 is 27.8 Å². The maximum Gasteiger partial charge on any atom is 0.387 e. The van der Waals surface area contributed by atoms with Crippen molar-refractivity contribution in [3.63, 3.8) is 0 Å². The largest absolute Gasteiger partial charge is 0.493 e. The van der Waals surface area contributed by atoms with E-state index < -0.39 is 6.61 Å². The molecular formula is C24H28F2N2O4. The number of carbonyl (C=O) groups excluding carboxylic acids is 2. The van der Waals surface area contributed by atoms with Crippen molar-refractivity contribution in [2.75, 3.05) is 20.2 Å². The Bertz CT molecular complexity index is 960. The zero-order valence-electron chi connectivity index (χ0n) is 18.5. The number of halogens is 2. The average Bonchev–Trinajstić information content (AvgIpc) is 2.76. The van der Waals surface area contributed by atoms with E-state index in [1.807, 2.05) is 32.0 Å². The van der Waals surface area contributed by atoms with E-state index in [1.54, 1.807) is 11.0 Å². The van der Waals surface area contributed by atoms with Crippen LogP contribution in [0.1, 0.15) is 39.9 Å². The van der Waals surface area contributed by atoms with Crippen LogP contribution in [-0.2, 0) is 11.3 Å². The first-order valence-corrected chi connectivity index (χ1v) is 10.5. The van der Waals surface area contributed by atoms with E-state index >= 15 is 0 Å². The Morgan fingerprint density at radius 1 is 1.12 bits per heavy atom. The highest BCUT2D eigenvalue weighted by molar-refractivity contribution is 5.95. The minimum absolute atomic E-state index is 0.0711. The van der Waals surface area contributed by atoms with E-state index in [-0.39, 0.29) is 35.8 Å². The number of methoxy groups -OCH3 is 1. The number of nitrogens with one attached hydrogen (secondary N) is 1. The highest BCUT2D eigenvalue weighted by Gasteiger charge is 2.29. The van der Waals surface area contributed by atoms with Crippen LogP contribution in [0.3, 0.4) is 0 Å². The van der Waals surface area contributed by atoms with Gasteiger partial charge in [-0.15, -0.1) is 0 Å². The van der Waals surface area contributed by atoms with Gasteiger partial charge in [-0.25, -0.2) is 0 Å². The molecule has 1 atom stereocenters. The molecule has 1 aliphatic heterocycles. The fraction of sp³-hybridized carbons (Fsp3) is 0.417. The van der Waals surface area contributed by atoms with Gasteiger partial charge >= 0.3 is 6.61 Å². The molecule has 0 saturated carbocycles. The number of ether oxygens (including phenoxy) is 2. The van der Waals surface area contributed by atoms with Crippen LogP contribution in [-0.4, -0.2) is 43.5 Å². The first-order valence-electron chi connectivity index (χ1n) is 10.5. The Morgan fingerprint density at radius 3 is 2.50 bits per heavy atom. The van der Waals surface area contributed by atoms with Crippen LogP contribution in [0.2, 0.25) is 0 Å². The number of piperidine rings is 1. The second-order valence-electron chi connectivity index (χ2n) is 8.05. The van der Waals surface area contributed by atoms with Crippen molar-refractivity contribution in [2.45, 2.75) is 39.8 Å². The highest BCUT2D eigenvalue weighted by atomic mass is 19.3. The molecule has 2 amide bonds. The molecular weight excluding hydrogens is 418 g/mol. The third-order valence-electron chi connectivity index (χ3n) is 5.46. The van der Waals surface area contributed by atoms with Crippen molar-refractivity contribution >= 4 is 11.8 Å². The molecule has 32 heavy (non-hydrogen) atoms. The number of hydrogen-bond acceptors (Lipinski definition) is 4. The summed E-state index contributed by atoms with van der Waals surface area (Å²) in [5.41, 5.74) is 3.28. The predicted molar refractivity (Wildman–Crippen MR) is 116 cm³/mol. The maximum absolute atomic E-state index is 12.9. The van der Waals surface area contributed by atoms with Crippen LogP contribution in [0.5, 0.6) is 11.5 Å². The van der Waals surface area contributed by atoms with Crippen molar-refractivity contribution in [3.05, 3.63) is 58.7 Å². The molecule has 0 aromatic heterocycles. The molecule has 3 rings (SSSR count). The van der Waals surface area contributed by atoms with E-state index in [0.29, 0.717) is 30.6 Å². The predicted octanol–water partition coefficient (Wildman–Crippen LogP) is 4.08. The van der Waals surface area contributed by atoms with Gasteiger partial charge in [-0.2, -0.15) is 8.78 Å². The minimum Gasteiger partial charge on any atom is -0.493 e. The molecule has 6 nitrogen and oxygen atoms in total. The van der Waals surface area contributed by atoms with E-state index in [1.165, 1.54) is 19.2 Å².